The molecule has 0 saturated heterocycles. The molecule has 4 nitrogen and oxygen atoms in total. The van der Waals surface area contributed by atoms with Crippen LogP contribution in [0, 0.1) is 24.7 Å². The van der Waals surface area contributed by atoms with E-state index in [-0.39, 0.29) is 17.3 Å². The Bertz CT molecular complexity index is 576. The molecule has 0 heterocycles. The standard InChI is InChI=1S/C18H24N2O2/c1-11-4-15(21)2-3-16(11)19-17(22)20-18-8-12-5-13(9-18)7-14(6-12)10-18/h2-4,12-14,21H,5-10H2,1H3,(H2,19,20,22). The molecule has 4 saturated carbocycles. The number of hydrogen-bond donors (Lipinski definition) is 3. The first-order chi connectivity index (χ1) is 10.5. The van der Waals surface area contributed by atoms with Crippen LogP contribution >= 0.6 is 0 Å². The lowest BCUT2D eigenvalue weighted by molar-refractivity contribution is -0.0127. The van der Waals surface area contributed by atoms with E-state index in [9.17, 15) is 9.90 Å². The number of phenolic OH excluding ortho intramolecular Hbond substituents is 1. The Morgan fingerprint density at radius 1 is 1.14 bits per heavy atom. The Hall–Kier alpha value is -1.71. The van der Waals surface area contributed by atoms with Crippen LogP contribution in [0.3, 0.4) is 0 Å². The van der Waals surface area contributed by atoms with E-state index < -0.39 is 0 Å². The van der Waals surface area contributed by atoms with E-state index in [4.69, 9.17) is 0 Å². The Morgan fingerprint density at radius 3 is 2.27 bits per heavy atom. The maximum absolute atomic E-state index is 12.4. The van der Waals surface area contributed by atoms with Crippen LogP contribution in [0.15, 0.2) is 18.2 Å². The first kappa shape index (κ1) is 13.9. The summed E-state index contributed by atoms with van der Waals surface area (Å²) in [7, 11) is 0. The summed E-state index contributed by atoms with van der Waals surface area (Å²) in [6, 6.07) is 4.92. The Balaban J connectivity index is 1.46. The maximum atomic E-state index is 12.4. The minimum absolute atomic E-state index is 0.0314. The number of urea groups is 1. The average molecular weight is 300 g/mol. The minimum atomic E-state index is -0.101. The van der Waals surface area contributed by atoms with Crippen molar-refractivity contribution in [2.24, 2.45) is 17.8 Å². The van der Waals surface area contributed by atoms with Gasteiger partial charge in [-0.2, -0.15) is 0 Å². The van der Waals surface area contributed by atoms with E-state index >= 15 is 0 Å². The predicted molar refractivity (Wildman–Crippen MR) is 85.9 cm³/mol. The second-order valence-electron chi connectivity index (χ2n) is 7.78. The topological polar surface area (TPSA) is 61.4 Å². The van der Waals surface area contributed by atoms with Crippen molar-refractivity contribution in [1.29, 1.82) is 0 Å². The highest BCUT2D eigenvalue weighted by atomic mass is 16.3. The van der Waals surface area contributed by atoms with Crippen LogP contribution in [0.4, 0.5) is 10.5 Å². The molecule has 4 fully saturated rings. The predicted octanol–water partition coefficient (Wildman–Crippen LogP) is 3.79. The van der Waals surface area contributed by atoms with Gasteiger partial charge in [-0.15, -0.1) is 0 Å². The van der Waals surface area contributed by atoms with Crippen molar-refractivity contribution in [1.82, 2.24) is 5.32 Å². The second kappa shape index (κ2) is 4.90. The van der Waals surface area contributed by atoms with Crippen molar-refractivity contribution in [2.45, 2.75) is 51.0 Å². The lowest BCUT2D eigenvalue weighted by atomic mass is 9.53. The number of benzene rings is 1. The molecule has 4 aliphatic rings. The van der Waals surface area contributed by atoms with Gasteiger partial charge in [-0.25, -0.2) is 4.79 Å². The molecule has 0 aliphatic heterocycles. The smallest absolute Gasteiger partial charge is 0.319 e. The van der Waals surface area contributed by atoms with Gasteiger partial charge in [0.1, 0.15) is 5.75 Å². The monoisotopic (exact) mass is 300 g/mol. The maximum Gasteiger partial charge on any atom is 0.319 e. The Kier molecular flexibility index (Phi) is 3.10. The number of rotatable bonds is 2. The third kappa shape index (κ3) is 2.44. The summed E-state index contributed by atoms with van der Waals surface area (Å²) in [4.78, 5) is 12.4. The van der Waals surface area contributed by atoms with E-state index in [1.807, 2.05) is 6.92 Å². The van der Waals surface area contributed by atoms with E-state index in [2.05, 4.69) is 10.6 Å². The molecule has 22 heavy (non-hydrogen) atoms. The van der Waals surface area contributed by atoms with E-state index in [1.165, 1.54) is 19.3 Å². The van der Waals surface area contributed by atoms with Crippen molar-refractivity contribution in [2.75, 3.05) is 5.32 Å². The molecular weight excluding hydrogens is 276 g/mol. The van der Waals surface area contributed by atoms with Crippen molar-refractivity contribution < 1.29 is 9.90 Å². The molecular formula is C18H24N2O2. The van der Waals surface area contributed by atoms with Crippen LogP contribution in [0.2, 0.25) is 0 Å². The molecule has 1 aromatic carbocycles. The molecule has 1 aromatic rings. The number of nitrogens with one attached hydrogen (secondary N) is 2. The summed E-state index contributed by atoms with van der Waals surface area (Å²) in [6.45, 7) is 1.89. The number of anilines is 1. The van der Waals surface area contributed by atoms with Crippen molar-refractivity contribution in [3.8, 4) is 5.75 Å². The van der Waals surface area contributed by atoms with E-state index in [0.29, 0.717) is 0 Å². The molecule has 2 amide bonds. The molecule has 0 spiro atoms. The minimum Gasteiger partial charge on any atom is -0.508 e. The highest BCUT2D eigenvalue weighted by Gasteiger charge is 2.51. The van der Waals surface area contributed by atoms with Crippen LogP contribution in [0.25, 0.3) is 0 Å². The van der Waals surface area contributed by atoms with Crippen LogP contribution in [-0.2, 0) is 0 Å². The first-order valence-electron chi connectivity index (χ1n) is 8.40. The number of aryl methyl sites for hydroxylation is 1. The zero-order chi connectivity index (χ0) is 15.3. The molecule has 3 N–H and O–H groups in total. The SMILES string of the molecule is Cc1cc(O)ccc1NC(=O)NC12CC3CC(CC(C3)C1)C2. The van der Waals surface area contributed by atoms with Crippen LogP contribution < -0.4 is 10.6 Å². The molecule has 5 rings (SSSR count). The van der Waals surface area contributed by atoms with Gasteiger partial charge in [0.05, 0.1) is 0 Å². The fourth-order valence-corrected chi connectivity index (χ4v) is 5.45. The lowest BCUT2D eigenvalue weighted by Gasteiger charge is -2.56. The van der Waals surface area contributed by atoms with Crippen LogP contribution in [0.5, 0.6) is 5.75 Å². The van der Waals surface area contributed by atoms with Crippen molar-refractivity contribution in [3.63, 3.8) is 0 Å². The van der Waals surface area contributed by atoms with Gasteiger partial charge in [0, 0.05) is 11.2 Å². The first-order valence-corrected chi connectivity index (χ1v) is 8.40. The molecule has 118 valence electrons. The van der Waals surface area contributed by atoms with Gasteiger partial charge in [0.15, 0.2) is 0 Å². The summed E-state index contributed by atoms with van der Waals surface area (Å²) < 4.78 is 0. The highest BCUT2D eigenvalue weighted by molar-refractivity contribution is 5.90. The quantitative estimate of drug-likeness (QED) is 0.728. The summed E-state index contributed by atoms with van der Waals surface area (Å²) >= 11 is 0. The summed E-state index contributed by atoms with van der Waals surface area (Å²) in [5, 5.41) is 15.7. The molecule has 0 radical (unpaired) electrons. The molecule has 0 atom stereocenters. The third-order valence-corrected chi connectivity index (χ3v) is 5.88. The highest BCUT2D eigenvalue weighted by Crippen LogP contribution is 2.55. The van der Waals surface area contributed by atoms with Crippen molar-refractivity contribution in [3.05, 3.63) is 23.8 Å². The van der Waals surface area contributed by atoms with Crippen LogP contribution in [0.1, 0.15) is 44.1 Å². The molecule has 0 unspecified atom stereocenters. The van der Waals surface area contributed by atoms with Gasteiger partial charge in [-0.1, -0.05) is 0 Å². The van der Waals surface area contributed by atoms with Crippen molar-refractivity contribution >= 4 is 11.7 Å². The number of carbonyl (C=O) groups excluding carboxylic acids is 1. The zero-order valence-corrected chi connectivity index (χ0v) is 13.1. The lowest BCUT2D eigenvalue weighted by Crippen LogP contribution is -2.60. The number of amides is 2. The summed E-state index contributed by atoms with van der Waals surface area (Å²) in [5.41, 5.74) is 1.67. The van der Waals surface area contributed by atoms with Gasteiger partial charge in [-0.3, -0.25) is 0 Å². The Labute approximate surface area is 131 Å². The molecule has 4 bridgehead atoms. The van der Waals surface area contributed by atoms with Gasteiger partial charge in [0.25, 0.3) is 0 Å². The van der Waals surface area contributed by atoms with Crippen LogP contribution in [-0.4, -0.2) is 16.7 Å². The molecule has 4 aliphatic carbocycles. The number of phenols is 1. The largest absolute Gasteiger partial charge is 0.508 e. The van der Waals surface area contributed by atoms with E-state index in [0.717, 1.165) is 48.3 Å². The third-order valence-electron chi connectivity index (χ3n) is 5.88. The molecule has 0 aromatic heterocycles. The number of carbonyl (C=O) groups is 1. The average Bonchev–Trinajstić information content (AvgIpc) is 2.39. The summed E-state index contributed by atoms with van der Waals surface area (Å²) in [6.07, 6.45) is 7.59. The fourth-order valence-electron chi connectivity index (χ4n) is 5.45. The normalized spacial score (nSPS) is 35.4. The molecule has 4 heteroatoms. The summed E-state index contributed by atoms with van der Waals surface area (Å²) in [5.74, 6) is 2.69. The second-order valence-corrected chi connectivity index (χ2v) is 7.78. The van der Waals surface area contributed by atoms with E-state index in [1.54, 1.807) is 18.2 Å². The zero-order valence-electron chi connectivity index (χ0n) is 13.1. The fraction of sp³-hybridized carbons (Fsp3) is 0.611. The van der Waals surface area contributed by atoms with Gasteiger partial charge in [-0.05, 0) is 87.0 Å². The number of hydrogen-bond acceptors (Lipinski definition) is 2. The Morgan fingerprint density at radius 2 is 1.73 bits per heavy atom. The van der Waals surface area contributed by atoms with Gasteiger partial charge >= 0.3 is 6.03 Å². The number of aromatic hydroxyl groups is 1. The van der Waals surface area contributed by atoms with Gasteiger partial charge in [0.2, 0.25) is 0 Å². The van der Waals surface area contributed by atoms with Gasteiger partial charge < -0.3 is 15.7 Å².